The standard InChI is InChI=1S/C18H20N2O6S/c1-2-25-18(21)14-3-8-17(19-13-14)26-15-4-6-16(7-5-15)27(22,23)20-9-11-24-12-10-20/h3-8,13H,2,9-12H2,1H3. The fourth-order valence-corrected chi connectivity index (χ4v) is 3.92. The summed E-state index contributed by atoms with van der Waals surface area (Å²) >= 11 is 0. The van der Waals surface area contributed by atoms with Crippen molar-refractivity contribution in [3.8, 4) is 11.6 Å². The lowest BCUT2D eigenvalue weighted by Crippen LogP contribution is -2.40. The second kappa shape index (κ2) is 8.47. The third-order valence-corrected chi connectivity index (χ3v) is 5.81. The smallest absolute Gasteiger partial charge is 0.339 e. The van der Waals surface area contributed by atoms with E-state index in [1.54, 1.807) is 31.2 Å². The van der Waals surface area contributed by atoms with Crippen molar-refractivity contribution in [2.45, 2.75) is 11.8 Å². The van der Waals surface area contributed by atoms with Gasteiger partial charge in [-0.1, -0.05) is 0 Å². The van der Waals surface area contributed by atoms with E-state index in [1.807, 2.05) is 0 Å². The highest BCUT2D eigenvalue weighted by atomic mass is 32.2. The van der Waals surface area contributed by atoms with Gasteiger partial charge in [-0.15, -0.1) is 0 Å². The van der Waals surface area contributed by atoms with E-state index in [0.29, 0.717) is 37.6 Å². The first-order chi connectivity index (χ1) is 13.0. The Balaban J connectivity index is 1.68. The van der Waals surface area contributed by atoms with Crippen LogP contribution in [0.2, 0.25) is 0 Å². The normalized spacial score (nSPS) is 15.3. The number of esters is 1. The fraction of sp³-hybridized carbons (Fsp3) is 0.333. The minimum Gasteiger partial charge on any atom is -0.462 e. The zero-order valence-electron chi connectivity index (χ0n) is 14.8. The lowest BCUT2D eigenvalue weighted by Gasteiger charge is -2.26. The van der Waals surface area contributed by atoms with E-state index in [1.165, 1.54) is 22.6 Å². The molecule has 0 saturated carbocycles. The van der Waals surface area contributed by atoms with Crippen molar-refractivity contribution >= 4 is 16.0 Å². The number of ether oxygens (including phenoxy) is 3. The molecule has 1 saturated heterocycles. The average molecular weight is 392 g/mol. The quantitative estimate of drug-likeness (QED) is 0.695. The lowest BCUT2D eigenvalue weighted by molar-refractivity contribution is 0.0526. The molecule has 2 heterocycles. The van der Waals surface area contributed by atoms with E-state index in [4.69, 9.17) is 14.2 Å². The molecule has 0 unspecified atom stereocenters. The molecular formula is C18H20N2O6S. The lowest BCUT2D eigenvalue weighted by atomic mass is 10.3. The monoisotopic (exact) mass is 392 g/mol. The van der Waals surface area contributed by atoms with Crippen LogP contribution in [0.3, 0.4) is 0 Å². The first-order valence-electron chi connectivity index (χ1n) is 8.49. The van der Waals surface area contributed by atoms with Crippen molar-refractivity contribution in [3.05, 3.63) is 48.2 Å². The van der Waals surface area contributed by atoms with Crippen molar-refractivity contribution in [2.75, 3.05) is 32.9 Å². The molecule has 0 bridgehead atoms. The Morgan fingerprint density at radius 1 is 1.15 bits per heavy atom. The molecule has 2 aromatic rings. The molecule has 8 nitrogen and oxygen atoms in total. The van der Waals surface area contributed by atoms with E-state index >= 15 is 0 Å². The van der Waals surface area contributed by atoms with Gasteiger partial charge in [0, 0.05) is 25.4 Å². The van der Waals surface area contributed by atoms with E-state index in [9.17, 15) is 13.2 Å². The second-order valence-corrected chi connectivity index (χ2v) is 7.63. The van der Waals surface area contributed by atoms with Gasteiger partial charge in [0.2, 0.25) is 15.9 Å². The van der Waals surface area contributed by atoms with Crippen molar-refractivity contribution < 1.29 is 27.4 Å². The number of carbonyl (C=O) groups is 1. The second-order valence-electron chi connectivity index (χ2n) is 5.70. The summed E-state index contributed by atoms with van der Waals surface area (Å²) in [5.41, 5.74) is 0.330. The minimum absolute atomic E-state index is 0.197. The van der Waals surface area contributed by atoms with Gasteiger partial charge in [-0.3, -0.25) is 0 Å². The highest BCUT2D eigenvalue weighted by molar-refractivity contribution is 7.89. The van der Waals surface area contributed by atoms with Crippen LogP contribution in [0.15, 0.2) is 47.5 Å². The van der Waals surface area contributed by atoms with Crippen LogP contribution in [-0.4, -0.2) is 56.6 Å². The Morgan fingerprint density at radius 2 is 1.85 bits per heavy atom. The molecule has 1 aliphatic heterocycles. The third kappa shape index (κ3) is 4.62. The predicted molar refractivity (Wildman–Crippen MR) is 96.3 cm³/mol. The van der Waals surface area contributed by atoms with Gasteiger partial charge in [0.1, 0.15) is 5.75 Å². The highest BCUT2D eigenvalue weighted by Crippen LogP contribution is 2.23. The molecule has 0 N–H and O–H groups in total. The van der Waals surface area contributed by atoms with Crippen molar-refractivity contribution in [1.29, 1.82) is 0 Å². The number of sulfonamides is 1. The van der Waals surface area contributed by atoms with Gasteiger partial charge in [-0.25, -0.2) is 18.2 Å². The van der Waals surface area contributed by atoms with Crippen LogP contribution in [0.1, 0.15) is 17.3 Å². The molecule has 0 atom stereocenters. The van der Waals surface area contributed by atoms with Gasteiger partial charge in [0.05, 0.1) is 30.3 Å². The van der Waals surface area contributed by atoms with E-state index < -0.39 is 16.0 Å². The zero-order chi connectivity index (χ0) is 19.3. The number of benzene rings is 1. The molecule has 27 heavy (non-hydrogen) atoms. The van der Waals surface area contributed by atoms with E-state index in [-0.39, 0.29) is 17.4 Å². The van der Waals surface area contributed by atoms with Crippen molar-refractivity contribution in [1.82, 2.24) is 9.29 Å². The topological polar surface area (TPSA) is 95.0 Å². The maximum Gasteiger partial charge on any atom is 0.339 e. The van der Waals surface area contributed by atoms with Gasteiger partial charge < -0.3 is 14.2 Å². The Morgan fingerprint density at radius 3 is 2.44 bits per heavy atom. The van der Waals surface area contributed by atoms with Crippen LogP contribution in [0.25, 0.3) is 0 Å². The van der Waals surface area contributed by atoms with Gasteiger partial charge in [0.25, 0.3) is 0 Å². The minimum atomic E-state index is -3.54. The van der Waals surface area contributed by atoms with E-state index in [0.717, 1.165) is 0 Å². The van der Waals surface area contributed by atoms with E-state index in [2.05, 4.69) is 4.98 Å². The summed E-state index contributed by atoms with van der Waals surface area (Å²) in [6.07, 6.45) is 1.37. The molecule has 1 aromatic carbocycles. The van der Waals surface area contributed by atoms with Gasteiger partial charge in [-0.2, -0.15) is 4.31 Å². The molecule has 1 aliphatic rings. The molecule has 0 amide bonds. The highest BCUT2D eigenvalue weighted by Gasteiger charge is 2.26. The largest absolute Gasteiger partial charge is 0.462 e. The van der Waals surface area contributed by atoms with Gasteiger partial charge in [-0.05, 0) is 37.3 Å². The molecule has 144 valence electrons. The van der Waals surface area contributed by atoms with Crippen molar-refractivity contribution in [3.63, 3.8) is 0 Å². The van der Waals surface area contributed by atoms with Crippen LogP contribution in [-0.2, 0) is 19.5 Å². The molecule has 9 heteroatoms. The number of aromatic nitrogens is 1. The number of hydrogen-bond donors (Lipinski definition) is 0. The first kappa shape index (κ1) is 19.3. The molecule has 0 spiro atoms. The van der Waals surface area contributed by atoms with Crippen LogP contribution in [0.4, 0.5) is 0 Å². The molecular weight excluding hydrogens is 372 g/mol. The first-order valence-corrected chi connectivity index (χ1v) is 9.93. The van der Waals surface area contributed by atoms with Crippen LogP contribution < -0.4 is 4.74 Å². The maximum absolute atomic E-state index is 12.6. The van der Waals surface area contributed by atoms with Gasteiger partial charge >= 0.3 is 5.97 Å². The van der Waals surface area contributed by atoms with Crippen LogP contribution in [0, 0.1) is 0 Å². The molecule has 0 radical (unpaired) electrons. The zero-order valence-corrected chi connectivity index (χ0v) is 15.6. The van der Waals surface area contributed by atoms with Gasteiger partial charge in [0.15, 0.2) is 0 Å². The number of pyridine rings is 1. The molecule has 3 rings (SSSR count). The number of carbonyl (C=O) groups excluding carboxylic acids is 1. The Bertz CT molecular complexity index is 875. The summed E-state index contributed by atoms with van der Waals surface area (Å²) in [6, 6.07) is 9.21. The predicted octanol–water partition coefficient (Wildman–Crippen LogP) is 2.07. The van der Waals surface area contributed by atoms with Crippen molar-refractivity contribution in [2.24, 2.45) is 0 Å². The number of morpholine rings is 1. The summed E-state index contributed by atoms with van der Waals surface area (Å²) in [4.78, 5) is 15.9. The Hall–Kier alpha value is -2.49. The number of nitrogens with zero attached hydrogens (tertiary/aromatic N) is 2. The molecule has 0 aliphatic carbocycles. The summed E-state index contributed by atoms with van der Waals surface area (Å²) in [6.45, 7) is 3.50. The summed E-state index contributed by atoms with van der Waals surface area (Å²) in [5, 5.41) is 0. The Labute approximate surface area is 157 Å². The van der Waals surface area contributed by atoms with Crippen LogP contribution >= 0.6 is 0 Å². The number of hydrogen-bond acceptors (Lipinski definition) is 7. The number of rotatable bonds is 6. The average Bonchev–Trinajstić information content (AvgIpc) is 2.70. The third-order valence-electron chi connectivity index (χ3n) is 3.90. The Kier molecular flexibility index (Phi) is 6.04. The fourth-order valence-electron chi connectivity index (χ4n) is 2.51. The summed E-state index contributed by atoms with van der Waals surface area (Å²) in [5.74, 6) is 0.272. The maximum atomic E-state index is 12.6. The molecule has 1 fully saturated rings. The summed E-state index contributed by atoms with van der Waals surface area (Å²) in [7, 11) is -3.54. The SMILES string of the molecule is CCOC(=O)c1ccc(Oc2ccc(S(=O)(=O)N3CCOCC3)cc2)nc1. The summed E-state index contributed by atoms with van der Waals surface area (Å²) < 4.78 is 42.3. The molecule has 1 aromatic heterocycles. The van der Waals surface area contributed by atoms with Crippen LogP contribution in [0.5, 0.6) is 11.6 Å².